The number of benzene rings is 2. The first-order valence-electron chi connectivity index (χ1n) is 9.66. The van der Waals surface area contributed by atoms with Crippen LogP contribution in [-0.4, -0.2) is 41.5 Å². The predicted octanol–water partition coefficient (Wildman–Crippen LogP) is 4.99. The third-order valence-corrected chi connectivity index (χ3v) is 5.31. The fourth-order valence-electron chi connectivity index (χ4n) is 2.85. The first-order chi connectivity index (χ1) is 15.0. The van der Waals surface area contributed by atoms with Crippen molar-refractivity contribution in [2.24, 2.45) is 4.99 Å². The van der Waals surface area contributed by atoms with Crippen LogP contribution >= 0.6 is 11.8 Å². The van der Waals surface area contributed by atoms with Crippen LogP contribution in [0.15, 0.2) is 63.7 Å². The van der Waals surface area contributed by atoms with Gasteiger partial charge in [0.25, 0.3) is 0 Å². The molecule has 0 amide bonds. The number of para-hydroxylation sites is 1. The van der Waals surface area contributed by atoms with Gasteiger partial charge in [-0.2, -0.15) is 0 Å². The minimum absolute atomic E-state index is 0.0191. The molecule has 2 aromatic carbocycles. The number of phenolic OH excluding ortho intramolecular Hbond substituents is 1. The molecule has 2 aromatic rings. The van der Waals surface area contributed by atoms with Crippen molar-refractivity contribution in [3.05, 3.63) is 64.3 Å². The van der Waals surface area contributed by atoms with Crippen LogP contribution in [0.4, 0.5) is 5.69 Å². The molecule has 1 aliphatic rings. The normalized spacial score (nSPS) is 16.1. The summed E-state index contributed by atoms with van der Waals surface area (Å²) in [4.78, 5) is 17.4. The van der Waals surface area contributed by atoms with E-state index < -0.39 is 5.97 Å². The molecule has 0 unspecified atom stereocenters. The van der Waals surface area contributed by atoms with Gasteiger partial charge >= 0.3 is 5.97 Å². The standard InChI is InChI=1S/C23H23NO6S/c1-4-29-16-11-9-15(10-12-16)24-22-19(23(27)30-5-2)21(26)18(31-22)13-14-7-6-8-17(28-3)20(14)25/h6-13,25-26H,4-5H2,1-3H3. The summed E-state index contributed by atoms with van der Waals surface area (Å²) in [5.41, 5.74) is 0.999. The van der Waals surface area contributed by atoms with Crippen molar-refractivity contribution in [2.75, 3.05) is 20.3 Å². The minimum atomic E-state index is -0.671. The number of methoxy groups -OCH3 is 1. The van der Waals surface area contributed by atoms with E-state index in [1.54, 1.807) is 55.5 Å². The van der Waals surface area contributed by atoms with Crippen LogP contribution in [-0.2, 0) is 9.53 Å². The largest absolute Gasteiger partial charge is 0.506 e. The Hall–Kier alpha value is -3.39. The SMILES string of the molecule is CCOC(=O)C1=C(O)C(=Cc2cccc(OC)c2O)SC1=Nc1ccc(OCC)cc1. The van der Waals surface area contributed by atoms with Gasteiger partial charge in [-0.3, -0.25) is 0 Å². The lowest BCUT2D eigenvalue weighted by Gasteiger charge is -2.06. The third kappa shape index (κ3) is 5.03. The van der Waals surface area contributed by atoms with Gasteiger partial charge in [0.1, 0.15) is 22.1 Å². The zero-order chi connectivity index (χ0) is 22.4. The predicted molar refractivity (Wildman–Crippen MR) is 121 cm³/mol. The van der Waals surface area contributed by atoms with Crippen molar-refractivity contribution in [3.8, 4) is 17.2 Å². The van der Waals surface area contributed by atoms with E-state index in [1.807, 2.05) is 6.92 Å². The monoisotopic (exact) mass is 441 g/mol. The molecule has 31 heavy (non-hydrogen) atoms. The molecular weight excluding hydrogens is 418 g/mol. The zero-order valence-corrected chi connectivity index (χ0v) is 18.2. The second-order valence-corrected chi connectivity index (χ2v) is 7.33. The van der Waals surface area contributed by atoms with Gasteiger partial charge in [0.15, 0.2) is 11.5 Å². The Labute approximate surface area is 184 Å². The minimum Gasteiger partial charge on any atom is -0.506 e. The number of carbonyl (C=O) groups excluding carboxylic acids is 1. The van der Waals surface area contributed by atoms with E-state index in [0.29, 0.717) is 39.3 Å². The number of aliphatic hydroxyl groups excluding tert-OH is 1. The lowest BCUT2D eigenvalue weighted by molar-refractivity contribution is -0.138. The van der Waals surface area contributed by atoms with Gasteiger partial charge in [-0.25, -0.2) is 9.79 Å². The van der Waals surface area contributed by atoms with E-state index in [4.69, 9.17) is 14.2 Å². The molecule has 0 saturated carbocycles. The van der Waals surface area contributed by atoms with Crippen LogP contribution in [0.2, 0.25) is 0 Å². The molecule has 0 spiro atoms. The Balaban J connectivity index is 2.02. The highest BCUT2D eigenvalue weighted by molar-refractivity contribution is 8.18. The van der Waals surface area contributed by atoms with Gasteiger partial charge in [-0.15, -0.1) is 0 Å². The van der Waals surface area contributed by atoms with E-state index in [2.05, 4.69) is 4.99 Å². The Bertz CT molecular complexity index is 1060. The average molecular weight is 442 g/mol. The smallest absolute Gasteiger partial charge is 0.344 e. The van der Waals surface area contributed by atoms with E-state index in [9.17, 15) is 15.0 Å². The van der Waals surface area contributed by atoms with Gasteiger partial charge < -0.3 is 24.4 Å². The molecule has 3 rings (SSSR count). The van der Waals surface area contributed by atoms with Crippen molar-refractivity contribution < 1.29 is 29.2 Å². The molecule has 162 valence electrons. The number of thioether (sulfide) groups is 1. The van der Waals surface area contributed by atoms with E-state index in [1.165, 1.54) is 7.11 Å². The van der Waals surface area contributed by atoms with Crippen LogP contribution < -0.4 is 9.47 Å². The topological polar surface area (TPSA) is 97.6 Å². The molecule has 2 N–H and O–H groups in total. The van der Waals surface area contributed by atoms with Crippen molar-refractivity contribution in [3.63, 3.8) is 0 Å². The Morgan fingerprint density at radius 2 is 1.84 bits per heavy atom. The molecule has 0 aliphatic carbocycles. The fourth-order valence-corrected chi connectivity index (χ4v) is 3.88. The quantitative estimate of drug-likeness (QED) is 0.584. The number of aliphatic imine (C=N–C) groups is 1. The first kappa shape index (κ1) is 22.3. The molecule has 0 saturated heterocycles. The second kappa shape index (κ2) is 10.1. The van der Waals surface area contributed by atoms with E-state index in [0.717, 1.165) is 11.8 Å². The van der Waals surface area contributed by atoms with E-state index in [-0.39, 0.29) is 23.7 Å². The van der Waals surface area contributed by atoms with Crippen molar-refractivity contribution in [2.45, 2.75) is 13.8 Å². The Morgan fingerprint density at radius 3 is 2.48 bits per heavy atom. The molecule has 0 bridgehead atoms. The highest BCUT2D eigenvalue weighted by atomic mass is 32.2. The van der Waals surface area contributed by atoms with E-state index >= 15 is 0 Å². The summed E-state index contributed by atoms with van der Waals surface area (Å²) >= 11 is 1.11. The van der Waals surface area contributed by atoms with Crippen molar-refractivity contribution >= 4 is 34.5 Å². The van der Waals surface area contributed by atoms with Crippen LogP contribution in [0.1, 0.15) is 19.4 Å². The summed E-state index contributed by atoms with van der Waals surface area (Å²) in [6, 6.07) is 12.1. The summed E-state index contributed by atoms with van der Waals surface area (Å²) in [6.07, 6.45) is 1.57. The van der Waals surface area contributed by atoms with Crippen LogP contribution in [0, 0.1) is 0 Å². The van der Waals surface area contributed by atoms with Gasteiger partial charge in [-0.1, -0.05) is 23.9 Å². The second-order valence-electron chi connectivity index (χ2n) is 6.30. The summed E-state index contributed by atoms with van der Waals surface area (Å²) in [5.74, 6) is 0.0182. The van der Waals surface area contributed by atoms with Gasteiger partial charge in [0, 0.05) is 5.56 Å². The number of esters is 1. The number of phenols is 1. The third-order valence-electron chi connectivity index (χ3n) is 4.29. The fraction of sp³-hybridized carbons (Fsp3) is 0.217. The molecular formula is C23H23NO6S. The van der Waals surface area contributed by atoms with Crippen molar-refractivity contribution in [1.29, 1.82) is 0 Å². The van der Waals surface area contributed by atoms with Gasteiger partial charge in [-0.05, 0) is 50.3 Å². The average Bonchev–Trinajstić information content (AvgIpc) is 3.06. The number of rotatable bonds is 7. The maximum absolute atomic E-state index is 12.5. The number of ether oxygens (including phenoxy) is 3. The number of carbonyl (C=O) groups is 1. The van der Waals surface area contributed by atoms with Gasteiger partial charge in [0.2, 0.25) is 0 Å². The maximum Gasteiger partial charge on any atom is 0.344 e. The molecule has 0 radical (unpaired) electrons. The molecule has 0 aromatic heterocycles. The molecule has 0 atom stereocenters. The number of aliphatic hydroxyl groups is 1. The lowest BCUT2D eigenvalue weighted by atomic mass is 10.1. The number of hydrogen-bond donors (Lipinski definition) is 2. The Morgan fingerprint density at radius 1 is 1.10 bits per heavy atom. The van der Waals surface area contributed by atoms with Crippen molar-refractivity contribution in [1.82, 2.24) is 0 Å². The first-order valence-corrected chi connectivity index (χ1v) is 10.5. The number of aromatic hydroxyl groups is 1. The molecule has 1 aliphatic heterocycles. The lowest BCUT2D eigenvalue weighted by Crippen LogP contribution is -2.12. The van der Waals surface area contributed by atoms with Crippen LogP contribution in [0.5, 0.6) is 17.2 Å². The van der Waals surface area contributed by atoms with Crippen LogP contribution in [0.25, 0.3) is 6.08 Å². The van der Waals surface area contributed by atoms with Gasteiger partial charge in [0.05, 0.1) is 30.9 Å². The summed E-state index contributed by atoms with van der Waals surface area (Å²) in [7, 11) is 1.45. The molecule has 1 heterocycles. The highest BCUT2D eigenvalue weighted by Crippen LogP contribution is 2.42. The molecule has 0 fully saturated rings. The number of nitrogens with zero attached hydrogens (tertiary/aromatic N) is 1. The zero-order valence-electron chi connectivity index (χ0n) is 17.4. The highest BCUT2D eigenvalue weighted by Gasteiger charge is 2.33. The van der Waals surface area contributed by atoms with Crippen LogP contribution in [0.3, 0.4) is 0 Å². The maximum atomic E-state index is 12.5. The number of hydrogen-bond acceptors (Lipinski definition) is 8. The Kier molecular flexibility index (Phi) is 7.25. The molecule has 7 nitrogen and oxygen atoms in total. The summed E-state index contributed by atoms with van der Waals surface area (Å²) in [5, 5.41) is 21.4. The molecule has 8 heteroatoms. The summed E-state index contributed by atoms with van der Waals surface area (Å²) < 4.78 is 15.7. The summed E-state index contributed by atoms with van der Waals surface area (Å²) in [6.45, 7) is 4.30.